The fourth-order valence-corrected chi connectivity index (χ4v) is 3.06. The number of benzene rings is 1. The van der Waals surface area contributed by atoms with Crippen LogP contribution in [-0.4, -0.2) is 50.7 Å². The minimum absolute atomic E-state index is 1.08. The number of rotatable bonds is 8. The van der Waals surface area contributed by atoms with Crippen molar-refractivity contribution >= 4 is 5.69 Å². The molecule has 0 amide bonds. The SMILES string of the molecule is CCN(CC)c1ccc(CCCCN2CCNCC2)cc1. The molecule has 0 atom stereocenters. The number of unbranched alkanes of at least 4 members (excludes halogenated alkanes) is 1. The van der Waals surface area contributed by atoms with Gasteiger partial charge < -0.3 is 15.1 Å². The molecule has 0 aliphatic carbocycles. The maximum absolute atomic E-state index is 3.41. The zero-order valence-corrected chi connectivity index (χ0v) is 13.8. The first kappa shape index (κ1) is 16.3. The summed E-state index contributed by atoms with van der Waals surface area (Å²) in [4.78, 5) is 4.98. The van der Waals surface area contributed by atoms with Gasteiger partial charge in [0.15, 0.2) is 0 Å². The van der Waals surface area contributed by atoms with Gasteiger partial charge in [0.2, 0.25) is 0 Å². The third-order valence-corrected chi connectivity index (χ3v) is 4.46. The molecule has 1 N–H and O–H groups in total. The molecule has 1 fully saturated rings. The van der Waals surface area contributed by atoms with Gasteiger partial charge in [0, 0.05) is 45.0 Å². The van der Waals surface area contributed by atoms with Crippen LogP contribution in [0.3, 0.4) is 0 Å². The van der Waals surface area contributed by atoms with Crippen molar-refractivity contribution < 1.29 is 0 Å². The topological polar surface area (TPSA) is 18.5 Å². The molecule has 3 nitrogen and oxygen atoms in total. The summed E-state index contributed by atoms with van der Waals surface area (Å²) in [6.45, 7) is 12.6. The summed E-state index contributed by atoms with van der Waals surface area (Å²) in [7, 11) is 0. The summed E-state index contributed by atoms with van der Waals surface area (Å²) in [6.07, 6.45) is 3.83. The number of aryl methyl sites for hydroxylation is 1. The van der Waals surface area contributed by atoms with E-state index in [0.717, 1.165) is 26.2 Å². The third kappa shape index (κ3) is 5.33. The summed E-state index contributed by atoms with van der Waals surface area (Å²) in [5.74, 6) is 0. The number of hydrogen-bond donors (Lipinski definition) is 1. The summed E-state index contributed by atoms with van der Waals surface area (Å²) >= 11 is 0. The molecule has 0 saturated carbocycles. The molecule has 1 aromatic rings. The van der Waals surface area contributed by atoms with E-state index in [9.17, 15) is 0 Å². The predicted octanol–water partition coefficient (Wildman–Crippen LogP) is 2.76. The first-order valence-electron chi connectivity index (χ1n) is 8.60. The van der Waals surface area contributed by atoms with Crippen molar-refractivity contribution in [1.82, 2.24) is 10.2 Å². The number of piperazine rings is 1. The molecule has 1 saturated heterocycles. The Kier molecular flexibility index (Phi) is 7.04. The Labute approximate surface area is 130 Å². The maximum atomic E-state index is 3.41. The smallest absolute Gasteiger partial charge is 0.0366 e. The van der Waals surface area contributed by atoms with Crippen molar-refractivity contribution in [3.63, 3.8) is 0 Å². The molecular weight excluding hydrogens is 258 g/mol. The first-order chi connectivity index (χ1) is 10.3. The molecule has 0 unspecified atom stereocenters. The van der Waals surface area contributed by atoms with E-state index in [4.69, 9.17) is 0 Å². The molecule has 21 heavy (non-hydrogen) atoms. The van der Waals surface area contributed by atoms with Crippen LogP contribution in [0, 0.1) is 0 Å². The lowest BCUT2D eigenvalue weighted by molar-refractivity contribution is 0.237. The van der Waals surface area contributed by atoms with Crippen LogP contribution in [0.15, 0.2) is 24.3 Å². The van der Waals surface area contributed by atoms with Crippen LogP contribution in [-0.2, 0) is 6.42 Å². The van der Waals surface area contributed by atoms with E-state index < -0.39 is 0 Å². The van der Waals surface area contributed by atoms with Gasteiger partial charge in [-0.1, -0.05) is 12.1 Å². The van der Waals surface area contributed by atoms with Crippen LogP contribution >= 0.6 is 0 Å². The van der Waals surface area contributed by atoms with Crippen molar-refractivity contribution in [3.8, 4) is 0 Å². The molecule has 1 heterocycles. The van der Waals surface area contributed by atoms with Crippen LogP contribution in [0.2, 0.25) is 0 Å². The molecule has 2 rings (SSSR count). The minimum atomic E-state index is 1.08. The summed E-state index contributed by atoms with van der Waals surface area (Å²) in [5, 5.41) is 3.41. The van der Waals surface area contributed by atoms with Crippen molar-refractivity contribution in [2.24, 2.45) is 0 Å². The van der Waals surface area contributed by atoms with Crippen molar-refractivity contribution in [3.05, 3.63) is 29.8 Å². The molecule has 0 radical (unpaired) electrons. The average Bonchev–Trinajstić information content (AvgIpc) is 2.55. The van der Waals surface area contributed by atoms with Crippen LogP contribution in [0.4, 0.5) is 5.69 Å². The highest BCUT2D eigenvalue weighted by molar-refractivity contribution is 5.47. The van der Waals surface area contributed by atoms with Crippen LogP contribution in [0.5, 0.6) is 0 Å². The van der Waals surface area contributed by atoms with Gasteiger partial charge >= 0.3 is 0 Å². The minimum Gasteiger partial charge on any atom is -0.372 e. The summed E-state index contributed by atoms with van der Waals surface area (Å²) in [6, 6.07) is 9.16. The zero-order chi connectivity index (χ0) is 14.9. The fraction of sp³-hybridized carbons (Fsp3) is 0.667. The largest absolute Gasteiger partial charge is 0.372 e. The van der Waals surface area contributed by atoms with Crippen LogP contribution in [0.1, 0.15) is 32.3 Å². The Morgan fingerprint density at radius 3 is 2.29 bits per heavy atom. The Morgan fingerprint density at radius 1 is 1.00 bits per heavy atom. The van der Waals surface area contributed by atoms with Gasteiger partial charge in [-0.25, -0.2) is 0 Å². The van der Waals surface area contributed by atoms with Gasteiger partial charge in [0.25, 0.3) is 0 Å². The lowest BCUT2D eigenvalue weighted by Gasteiger charge is -2.27. The number of anilines is 1. The van der Waals surface area contributed by atoms with Gasteiger partial charge in [0.05, 0.1) is 0 Å². The van der Waals surface area contributed by atoms with Crippen LogP contribution in [0.25, 0.3) is 0 Å². The lowest BCUT2D eigenvalue weighted by atomic mass is 10.1. The molecule has 3 heteroatoms. The highest BCUT2D eigenvalue weighted by Crippen LogP contribution is 2.16. The molecular formula is C18H31N3. The normalized spacial score (nSPS) is 16.1. The second kappa shape index (κ2) is 9.06. The quantitative estimate of drug-likeness (QED) is 0.742. The van der Waals surface area contributed by atoms with E-state index in [2.05, 4.69) is 53.2 Å². The zero-order valence-electron chi connectivity index (χ0n) is 13.8. The first-order valence-corrected chi connectivity index (χ1v) is 8.60. The Hall–Kier alpha value is -1.06. The molecule has 0 bridgehead atoms. The Bertz CT molecular complexity index is 378. The number of hydrogen-bond acceptors (Lipinski definition) is 3. The van der Waals surface area contributed by atoms with Gasteiger partial charge in [-0.2, -0.15) is 0 Å². The van der Waals surface area contributed by atoms with Crippen molar-refractivity contribution in [1.29, 1.82) is 0 Å². The van der Waals surface area contributed by atoms with Gasteiger partial charge in [-0.15, -0.1) is 0 Å². The monoisotopic (exact) mass is 289 g/mol. The van der Waals surface area contributed by atoms with Gasteiger partial charge in [-0.3, -0.25) is 0 Å². The maximum Gasteiger partial charge on any atom is 0.0366 e. The van der Waals surface area contributed by atoms with E-state index >= 15 is 0 Å². The summed E-state index contributed by atoms with van der Waals surface area (Å²) < 4.78 is 0. The van der Waals surface area contributed by atoms with E-state index in [1.807, 2.05) is 0 Å². The predicted molar refractivity (Wildman–Crippen MR) is 92.3 cm³/mol. The Morgan fingerprint density at radius 2 is 1.67 bits per heavy atom. The highest BCUT2D eigenvalue weighted by atomic mass is 15.2. The van der Waals surface area contributed by atoms with E-state index in [1.165, 1.54) is 50.1 Å². The van der Waals surface area contributed by atoms with E-state index in [-0.39, 0.29) is 0 Å². The second-order valence-corrected chi connectivity index (χ2v) is 5.89. The highest BCUT2D eigenvalue weighted by Gasteiger charge is 2.08. The molecule has 1 aromatic carbocycles. The van der Waals surface area contributed by atoms with Gasteiger partial charge in [-0.05, 0) is 57.4 Å². The number of nitrogens with zero attached hydrogens (tertiary/aromatic N) is 2. The van der Waals surface area contributed by atoms with Crippen molar-refractivity contribution in [2.45, 2.75) is 33.1 Å². The molecule has 1 aliphatic heterocycles. The molecule has 118 valence electrons. The molecule has 0 spiro atoms. The van der Waals surface area contributed by atoms with E-state index in [0.29, 0.717) is 0 Å². The second-order valence-electron chi connectivity index (χ2n) is 5.89. The van der Waals surface area contributed by atoms with Gasteiger partial charge in [0.1, 0.15) is 0 Å². The van der Waals surface area contributed by atoms with Crippen LogP contribution < -0.4 is 10.2 Å². The van der Waals surface area contributed by atoms with E-state index in [1.54, 1.807) is 0 Å². The molecule has 0 aromatic heterocycles. The summed E-state index contributed by atoms with van der Waals surface area (Å²) in [5.41, 5.74) is 2.83. The fourth-order valence-electron chi connectivity index (χ4n) is 3.06. The third-order valence-electron chi connectivity index (χ3n) is 4.46. The standard InChI is InChI=1S/C18H31N3/c1-3-21(4-2)18-10-8-17(9-11-18)7-5-6-14-20-15-12-19-13-16-20/h8-11,19H,3-7,12-16H2,1-2H3. The number of nitrogens with one attached hydrogen (secondary N) is 1. The lowest BCUT2D eigenvalue weighted by Crippen LogP contribution is -2.43. The molecule has 1 aliphatic rings. The Balaban J connectivity index is 1.68. The van der Waals surface area contributed by atoms with Crippen molar-refractivity contribution in [2.75, 3.05) is 50.7 Å². The average molecular weight is 289 g/mol.